The lowest BCUT2D eigenvalue weighted by atomic mass is 9.81. The molecule has 0 aliphatic heterocycles. The minimum absolute atomic E-state index is 0.200. The van der Waals surface area contributed by atoms with Crippen LogP contribution in [-0.2, 0) is 5.41 Å². The highest BCUT2D eigenvalue weighted by atomic mass is 14.4. The third kappa shape index (κ3) is 4.66. The Morgan fingerprint density at radius 2 is 0.814 bits per heavy atom. The van der Waals surface area contributed by atoms with E-state index in [2.05, 4.69) is 0 Å². The van der Waals surface area contributed by atoms with E-state index in [0.29, 0.717) is 0 Å². The average Bonchev–Trinajstić information content (AvgIpc) is 1.38. The van der Waals surface area contributed by atoms with E-state index in [1.54, 1.807) is 0 Å². The summed E-state index contributed by atoms with van der Waals surface area (Å²) in [6, 6.07) is -31.2. The summed E-state index contributed by atoms with van der Waals surface area (Å²) in [5, 5.41) is -5.67. The Bertz CT molecular complexity index is 5670. The molecular formula is C59H38. The summed E-state index contributed by atoms with van der Waals surface area (Å²) in [6.45, 7) is -8.04. The maximum atomic E-state index is 10.3. The van der Waals surface area contributed by atoms with Crippen molar-refractivity contribution in [2.45, 2.75) is 19.1 Å². The Hall–Kier alpha value is -7.28. The van der Waals surface area contributed by atoms with Gasteiger partial charge in [-0.3, -0.25) is 0 Å². The van der Waals surface area contributed by atoms with Crippen LogP contribution in [0.3, 0.4) is 0 Å². The van der Waals surface area contributed by atoms with Crippen molar-refractivity contribution in [2.75, 3.05) is 0 Å². The van der Waals surface area contributed by atoms with Crippen LogP contribution in [0, 0.1) is 0 Å². The summed E-state index contributed by atoms with van der Waals surface area (Å²) in [6.07, 6.45) is 0. The van der Waals surface area contributed by atoms with Crippen molar-refractivity contribution in [1.29, 1.82) is 0 Å². The van der Waals surface area contributed by atoms with Gasteiger partial charge in [0.25, 0.3) is 0 Å². The fraction of sp³-hybridized carbons (Fsp3) is 0.0508. The van der Waals surface area contributed by atoms with E-state index >= 15 is 0 Å². The highest BCUT2D eigenvalue weighted by Crippen LogP contribution is 2.50. The van der Waals surface area contributed by atoms with Crippen LogP contribution in [0.5, 0.6) is 0 Å². The van der Waals surface area contributed by atoms with Gasteiger partial charge in [0.15, 0.2) is 0 Å². The molecule has 0 N–H and O–H groups in total. The van der Waals surface area contributed by atoms with Gasteiger partial charge in [-0.25, -0.2) is 0 Å². The second-order valence-electron chi connectivity index (χ2n) is 13.8. The summed E-state index contributed by atoms with van der Waals surface area (Å²) >= 11 is 0. The van der Waals surface area contributed by atoms with Gasteiger partial charge in [-0.1, -0.05) is 183 Å². The van der Waals surface area contributed by atoms with Gasteiger partial charge in [-0.05, 0) is 156 Å². The molecule has 0 heteroatoms. The van der Waals surface area contributed by atoms with Crippen LogP contribution in [-0.4, -0.2) is 0 Å². The zero-order valence-corrected chi connectivity index (χ0v) is 29.6. The van der Waals surface area contributed by atoms with Gasteiger partial charge in [-0.2, -0.15) is 0 Å². The molecule has 0 aromatic heterocycles. The van der Waals surface area contributed by atoms with E-state index in [-0.39, 0.29) is 21.5 Å². The smallest absolute Gasteiger partial charge is 0.0619 e. The molecule has 12 aromatic rings. The molecule has 0 heterocycles. The Morgan fingerprint density at radius 3 is 1.53 bits per heavy atom. The first-order valence-electron chi connectivity index (χ1n) is 36.3. The van der Waals surface area contributed by atoms with Crippen LogP contribution in [0.2, 0.25) is 0 Å². The molecule has 13 rings (SSSR count). The summed E-state index contributed by atoms with van der Waals surface area (Å²) < 4.78 is 344. The Kier molecular flexibility index (Phi) is 2.64. The predicted octanol–water partition coefficient (Wildman–Crippen LogP) is 16.5. The molecule has 1 aliphatic rings. The Labute approximate surface area is 395 Å². The van der Waals surface area contributed by atoms with Crippen LogP contribution < -0.4 is 0 Å². The van der Waals surface area contributed by atoms with Crippen molar-refractivity contribution in [3.05, 3.63) is 205 Å². The molecule has 274 valence electrons. The molecule has 12 aromatic carbocycles. The molecule has 0 nitrogen and oxygen atoms in total. The van der Waals surface area contributed by atoms with E-state index in [9.17, 15) is 24.7 Å². The monoisotopic (exact) mass is 784 g/mol. The summed E-state index contributed by atoms with van der Waals surface area (Å²) in [7, 11) is 0. The van der Waals surface area contributed by atoms with Crippen molar-refractivity contribution < 1.29 is 50.7 Å². The first-order valence-corrected chi connectivity index (χ1v) is 17.8. The minimum Gasteiger partial charge on any atom is -0.0619 e. The van der Waals surface area contributed by atoms with E-state index in [1.807, 2.05) is 0 Å². The molecule has 0 saturated heterocycles. The summed E-state index contributed by atoms with van der Waals surface area (Å²) in [5.74, 6) is 0. The minimum atomic E-state index is -4.02. The quantitative estimate of drug-likeness (QED) is 0.156. The van der Waals surface area contributed by atoms with Gasteiger partial charge in [-0.15, -0.1) is 0 Å². The normalized spacial score (nSPS) is 22.7. The van der Waals surface area contributed by atoms with Crippen LogP contribution >= 0.6 is 0 Å². The highest BCUT2D eigenvalue weighted by molar-refractivity contribution is 6.26. The molecule has 1 aliphatic carbocycles. The van der Waals surface area contributed by atoms with Crippen LogP contribution in [0.15, 0.2) is 193 Å². The van der Waals surface area contributed by atoms with E-state index in [1.165, 1.54) is 0 Å². The summed E-state index contributed by atoms with van der Waals surface area (Å²) in [5.41, 5.74) is -16.8. The number of hydrogen-bond donors (Lipinski definition) is 0. The SMILES string of the molecule is [2H]c1cc2c([2H])c([2H])c3c(-c4c([2H])c([2H])c(-c5c([2H])c(-c6c([2H])c([2H])c7c(c6[2H])C(C([2H])([2H])[2H])(C([2H])([2H])[2H])c6c([2H])c([2H])c([2H])c([2H])c6-7)c([2H])c(-c6c([2H])c([2H])c7c([2H])c([2H])c8c([2H])c([2H])c([2H])c9c([2H])c([2H])c6c7c89)c5[2H])c([2H])c4[2H])c([2H])c([2H])c4c([2H])c([2H])c(c1[2H])c2c43. The average molecular weight is 784 g/mol. The van der Waals surface area contributed by atoms with Gasteiger partial charge in [0, 0.05) is 13.6 Å². The van der Waals surface area contributed by atoms with Gasteiger partial charge in [0.2, 0.25) is 0 Å². The lowest BCUT2D eigenvalue weighted by Gasteiger charge is -2.22. The van der Waals surface area contributed by atoms with Gasteiger partial charge >= 0.3 is 0 Å². The maximum Gasteiger partial charge on any atom is 0.0636 e. The molecule has 0 radical (unpaired) electrons. The van der Waals surface area contributed by atoms with Crippen molar-refractivity contribution in [3.8, 4) is 55.6 Å². The Morgan fingerprint density at radius 1 is 0.322 bits per heavy atom. The standard InChI is InChI=1S/C59H38/c1-59(2)53-12-4-3-11-49(53)50-28-25-43(34-54(50)59)45-31-44(32-46(33-45)48-27-22-42-20-18-38-8-6-10-40-24-30-52(48)58(42)56(38)40)35-13-15-36(16-14-35)47-26-21-41-19-17-37-7-5-9-39-23-29-51(47)57(41)55(37)39/h3-34H,1-2H3/i1D3,2D3,3D,4D,5D,6D,7D,8D,10D,11D,12D,13D,14D,15D,16D,17D,18D,19D,20D,21D,22D,23D,24D,25D,26D,27D,28D,29D,30D,31D,32D,33D,34D. The molecular weight excluding hydrogens is 709 g/mol. The van der Waals surface area contributed by atoms with E-state index in [4.69, 9.17) is 26.0 Å². The predicted molar refractivity (Wildman–Crippen MR) is 253 cm³/mol. The van der Waals surface area contributed by atoms with Crippen LogP contribution in [0.4, 0.5) is 0 Å². The number of fused-ring (bicyclic) bond motifs is 3. The number of benzene rings is 12. The van der Waals surface area contributed by atoms with Crippen molar-refractivity contribution in [1.82, 2.24) is 0 Å². The highest BCUT2D eigenvalue weighted by Gasteiger charge is 2.35. The molecule has 0 amide bonds. The second-order valence-corrected chi connectivity index (χ2v) is 13.8. The van der Waals surface area contributed by atoms with Crippen LogP contribution in [0.1, 0.15) is 75.5 Å². The Balaban J connectivity index is 1.25. The molecule has 0 atom stereocenters. The third-order valence-corrected chi connectivity index (χ3v) is 10.6. The molecule has 0 bridgehead atoms. The van der Waals surface area contributed by atoms with Gasteiger partial charge in [0.1, 0.15) is 0 Å². The lowest BCUT2D eigenvalue weighted by Crippen LogP contribution is -2.14. The zero-order chi connectivity index (χ0) is 71.0. The fourth-order valence-corrected chi connectivity index (χ4v) is 7.88. The molecule has 0 spiro atoms. The van der Waals surface area contributed by atoms with E-state index in [0.717, 1.165) is 6.07 Å². The second kappa shape index (κ2) is 11.9. The van der Waals surface area contributed by atoms with Gasteiger partial charge in [0.05, 0.1) is 42.5 Å². The fourth-order valence-electron chi connectivity index (χ4n) is 7.88. The van der Waals surface area contributed by atoms with Crippen molar-refractivity contribution in [2.24, 2.45) is 0 Å². The third-order valence-electron chi connectivity index (χ3n) is 10.6. The van der Waals surface area contributed by atoms with E-state index < -0.39 is 316 Å². The number of hydrogen-bond acceptors (Lipinski definition) is 0. The van der Waals surface area contributed by atoms with Gasteiger partial charge < -0.3 is 0 Å². The summed E-state index contributed by atoms with van der Waals surface area (Å²) in [4.78, 5) is 0. The zero-order valence-electron chi connectivity index (χ0n) is 66.6. The number of rotatable bonds is 4. The lowest BCUT2D eigenvalue weighted by molar-refractivity contribution is 0.660. The molecule has 0 fully saturated rings. The molecule has 0 saturated carbocycles. The van der Waals surface area contributed by atoms with Crippen molar-refractivity contribution in [3.63, 3.8) is 0 Å². The first-order chi connectivity index (χ1) is 44.5. The molecule has 0 unspecified atom stereocenters. The van der Waals surface area contributed by atoms with Crippen molar-refractivity contribution >= 4 is 64.6 Å². The maximum absolute atomic E-state index is 10.3. The van der Waals surface area contributed by atoms with Crippen LogP contribution in [0.25, 0.3) is 120 Å². The molecule has 59 heavy (non-hydrogen) atoms. The first kappa shape index (κ1) is 13.1. The topological polar surface area (TPSA) is 0 Å². The largest absolute Gasteiger partial charge is 0.0636 e.